The lowest BCUT2D eigenvalue weighted by Gasteiger charge is -2.21. The summed E-state index contributed by atoms with van der Waals surface area (Å²) in [6.45, 7) is 1.88. The van der Waals surface area contributed by atoms with E-state index in [2.05, 4.69) is 0 Å². The number of aliphatic carboxylic acids is 1. The number of hydrogen-bond acceptors (Lipinski definition) is 5. The molecule has 7 nitrogen and oxygen atoms in total. The van der Waals surface area contributed by atoms with Crippen LogP contribution in [0.3, 0.4) is 0 Å². The van der Waals surface area contributed by atoms with E-state index in [-0.39, 0.29) is 35.1 Å². The van der Waals surface area contributed by atoms with Crippen molar-refractivity contribution in [1.82, 2.24) is 4.31 Å². The summed E-state index contributed by atoms with van der Waals surface area (Å²) >= 11 is 5.90. The Labute approximate surface area is 138 Å². The molecule has 1 aliphatic rings. The van der Waals surface area contributed by atoms with Crippen molar-refractivity contribution in [1.29, 1.82) is 0 Å². The molecule has 2 rings (SSSR count). The molecule has 0 aromatic heterocycles. The van der Waals surface area contributed by atoms with Crippen molar-refractivity contribution in [2.24, 2.45) is 0 Å². The van der Waals surface area contributed by atoms with Gasteiger partial charge in [-0.25, -0.2) is 13.2 Å². The number of carbonyl (C=O) groups is 2. The van der Waals surface area contributed by atoms with Gasteiger partial charge in [-0.2, -0.15) is 4.31 Å². The van der Waals surface area contributed by atoms with Crippen LogP contribution in [-0.4, -0.2) is 49.0 Å². The average molecular weight is 362 g/mol. The normalized spacial score (nSPS) is 18.8. The predicted molar refractivity (Wildman–Crippen MR) is 82.0 cm³/mol. The highest BCUT2D eigenvalue weighted by Gasteiger charge is 2.39. The average Bonchev–Trinajstić information content (AvgIpc) is 2.97. The van der Waals surface area contributed by atoms with Gasteiger partial charge in [0, 0.05) is 11.6 Å². The number of hydrogen-bond donors (Lipinski definition) is 1. The van der Waals surface area contributed by atoms with Crippen LogP contribution in [0.2, 0.25) is 5.02 Å². The molecule has 1 aromatic carbocycles. The largest absolute Gasteiger partial charge is 0.480 e. The van der Waals surface area contributed by atoms with Gasteiger partial charge in [-0.3, -0.25) is 4.79 Å². The number of esters is 1. The quantitative estimate of drug-likeness (QED) is 0.802. The molecule has 0 bridgehead atoms. The van der Waals surface area contributed by atoms with Gasteiger partial charge in [0.15, 0.2) is 0 Å². The van der Waals surface area contributed by atoms with E-state index < -0.39 is 28.0 Å². The van der Waals surface area contributed by atoms with Gasteiger partial charge in [0.25, 0.3) is 0 Å². The lowest BCUT2D eigenvalue weighted by Crippen LogP contribution is -2.40. The van der Waals surface area contributed by atoms with Crippen LogP contribution in [0, 0.1) is 0 Å². The Balaban J connectivity index is 2.44. The molecule has 1 aliphatic heterocycles. The molecular weight excluding hydrogens is 346 g/mol. The highest BCUT2D eigenvalue weighted by Crippen LogP contribution is 2.28. The van der Waals surface area contributed by atoms with Gasteiger partial charge in [-0.1, -0.05) is 11.6 Å². The van der Waals surface area contributed by atoms with E-state index in [0.29, 0.717) is 6.42 Å². The Bertz CT molecular complexity index is 733. The maximum absolute atomic E-state index is 12.7. The predicted octanol–water partition coefficient (Wildman–Crippen LogP) is 1.75. The van der Waals surface area contributed by atoms with E-state index >= 15 is 0 Å². The molecule has 1 aromatic rings. The van der Waals surface area contributed by atoms with Crippen LogP contribution in [0.25, 0.3) is 0 Å². The fourth-order valence-electron chi connectivity index (χ4n) is 2.45. The molecule has 1 unspecified atom stereocenters. The molecule has 1 heterocycles. The zero-order valence-corrected chi connectivity index (χ0v) is 13.9. The second-order valence-electron chi connectivity index (χ2n) is 5.01. The summed E-state index contributed by atoms with van der Waals surface area (Å²) in [4.78, 5) is 22.8. The van der Waals surface area contributed by atoms with Gasteiger partial charge in [0.1, 0.15) is 6.04 Å². The Morgan fingerprint density at radius 2 is 2.09 bits per heavy atom. The number of rotatable bonds is 5. The molecule has 9 heteroatoms. The molecule has 0 amide bonds. The summed E-state index contributed by atoms with van der Waals surface area (Å²) in [5.41, 5.74) is 0.00370. The first-order chi connectivity index (χ1) is 10.8. The molecular formula is C14H16ClNO6S. The third kappa shape index (κ3) is 3.65. The molecule has 126 valence electrons. The van der Waals surface area contributed by atoms with Crippen molar-refractivity contribution >= 4 is 33.6 Å². The van der Waals surface area contributed by atoms with E-state index in [1.165, 1.54) is 12.1 Å². The van der Waals surface area contributed by atoms with Gasteiger partial charge in [-0.15, -0.1) is 0 Å². The summed E-state index contributed by atoms with van der Waals surface area (Å²) in [7, 11) is -4.07. The lowest BCUT2D eigenvalue weighted by atomic mass is 10.2. The van der Waals surface area contributed by atoms with Crippen LogP contribution in [0.4, 0.5) is 0 Å². The second-order valence-corrected chi connectivity index (χ2v) is 7.34. The van der Waals surface area contributed by atoms with Gasteiger partial charge in [-0.05, 0) is 38.0 Å². The number of nitrogens with zero attached hydrogens (tertiary/aromatic N) is 1. The summed E-state index contributed by atoms with van der Waals surface area (Å²) in [6.07, 6.45) is 0.710. The summed E-state index contributed by atoms with van der Waals surface area (Å²) < 4.78 is 31.1. The third-order valence-electron chi connectivity index (χ3n) is 3.48. The molecule has 0 spiro atoms. The third-order valence-corrected chi connectivity index (χ3v) is 5.58. The van der Waals surface area contributed by atoms with Crippen molar-refractivity contribution in [2.75, 3.05) is 13.2 Å². The van der Waals surface area contributed by atoms with Crippen LogP contribution in [0.15, 0.2) is 23.1 Å². The first-order valence-corrected chi connectivity index (χ1v) is 8.81. The number of halogens is 1. The molecule has 1 atom stereocenters. The zero-order valence-electron chi connectivity index (χ0n) is 12.4. The fraction of sp³-hybridized carbons (Fsp3) is 0.429. The molecule has 1 fully saturated rings. The van der Waals surface area contributed by atoms with E-state index in [4.69, 9.17) is 21.4 Å². The van der Waals surface area contributed by atoms with Crippen LogP contribution in [-0.2, 0) is 19.6 Å². The van der Waals surface area contributed by atoms with Gasteiger partial charge >= 0.3 is 11.9 Å². The molecule has 0 saturated carbocycles. The van der Waals surface area contributed by atoms with Crippen LogP contribution in [0.1, 0.15) is 30.1 Å². The smallest absolute Gasteiger partial charge is 0.338 e. The SMILES string of the molecule is CCOC(=O)c1cc(Cl)cc(S(=O)(=O)N2CCCC2C(=O)O)c1. The monoisotopic (exact) mass is 361 g/mol. The van der Waals surface area contributed by atoms with Crippen LogP contribution < -0.4 is 0 Å². The molecule has 1 saturated heterocycles. The molecule has 1 N–H and O–H groups in total. The van der Waals surface area contributed by atoms with Gasteiger partial charge in [0.05, 0.1) is 17.1 Å². The van der Waals surface area contributed by atoms with Gasteiger partial charge in [0.2, 0.25) is 10.0 Å². The van der Waals surface area contributed by atoms with Crippen LogP contribution in [0.5, 0.6) is 0 Å². The Hall–Kier alpha value is -1.64. The maximum atomic E-state index is 12.7. The van der Waals surface area contributed by atoms with Crippen molar-refractivity contribution < 1.29 is 27.9 Å². The number of benzene rings is 1. The summed E-state index contributed by atoms with van der Waals surface area (Å²) in [5, 5.41) is 9.21. The zero-order chi connectivity index (χ0) is 17.2. The van der Waals surface area contributed by atoms with E-state index in [1.54, 1.807) is 6.92 Å². The number of carbonyl (C=O) groups excluding carboxylic acids is 1. The number of carboxylic acids is 1. The fourth-order valence-corrected chi connectivity index (χ4v) is 4.48. The maximum Gasteiger partial charge on any atom is 0.338 e. The first kappa shape index (κ1) is 17.7. The number of sulfonamides is 1. The van der Waals surface area contributed by atoms with Crippen molar-refractivity contribution in [3.8, 4) is 0 Å². The lowest BCUT2D eigenvalue weighted by molar-refractivity contribution is -0.140. The van der Waals surface area contributed by atoms with Crippen molar-refractivity contribution in [3.63, 3.8) is 0 Å². The Morgan fingerprint density at radius 3 is 2.70 bits per heavy atom. The molecule has 0 aliphatic carbocycles. The minimum atomic E-state index is -4.07. The first-order valence-electron chi connectivity index (χ1n) is 6.99. The standard InChI is InChI=1S/C14H16ClNO6S/c1-2-22-14(19)9-6-10(15)8-11(7-9)23(20,21)16-5-3-4-12(16)13(17)18/h6-8,12H,2-5H2,1H3,(H,17,18). The summed E-state index contributed by atoms with van der Waals surface area (Å²) in [6, 6.07) is 2.54. The van der Waals surface area contributed by atoms with E-state index in [1.807, 2.05) is 0 Å². The van der Waals surface area contributed by atoms with E-state index in [9.17, 15) is 18.0 Å². The number of ether oxygens (including phenoxy) is 1. The second kappa shape index (κ2) is 6.86. The van der Waals surface area contributed by atoms with Crippen molar-refractivity contribution in [3.05, 3.63) is 28.8 Å². The van der Waals surface area contributed by atoms with Gasteiger partial charge < -0.3 is 9.84 Å². The number of carboxylic acid groups (broad SMARTS) is 1. The molecule has 0 radical (unpaired) electrons. The Morgan fingerprint density at radius 1 is 1.39 bits per heavy atom. The van der Waals surface area contributed by atoms with Crippen molar-refractivity contribution in [2.45, 2.75) is 30.7 Å². The van der Waals surface area contributed by atoms with E-state index in [0.717, 1.165) is 10.4 Å². The minimum Gasteiger partial charge on any atom is -0.480 e. The Kier molecular flexibility index (Phi) is 5.28. The van der Waals surface area contributed by atoms with Crippen LogP contribution >= 0.6 is 11.6 Å². The highest BCUT2D eigenvalue weighted by atomic mass is 35.5. The highest BCUT2D eigenvalue weighted by molar-refractivity contribution is 7.89. The topological polar surface area (TPSA) is 101 Å². The molecule has 23 heavy (non-hydrogen) atoms. The summed E-state index contributed by atoms with van der Waals surface area (Å²) in [5.74, 6) is -1.89. The minimum absolute atomic E-state index is 0.00370.